The van der Waals surface area contributed by atoms with Crippen LogP contribution in [-0.2, 0) is 9.53 Å². The van der Waals surface area contributed by atoms with E-state index in [0.29, 0.717) is 24.5 Å². The molecule has 0 aliphatic rings. The van der Waals surface area contributed by atoms with Crippen LogP contribution in [0.2, 0.25) is 0 Å². The maximum Gasteiger partial charge on any atom is 0.326 e. The minimum atomic E-state index is -0.928. The van der Waals surface area contributed by atoms with Crippen LogP contribution >= 0.6 is 0 Å². The van der Waals surface area contributed by atoms with Crippen LogP contribution in [0.4, 0.5) is 5.82 Å². The van der Waals surface area contributed by atoms with Crippen molar-refractivity contribution in [1.29, 1.82) is 0 Å². The lowest BCUT2D eigenvalue weighted by atomic mass is 10.2. The minimum absolute atomic E-state index is 0.373. The Morgan fingerprint density at radius 1 is 1.61 bits per heavy atom. The number of nitrogens with one attached hydrogen (secondary N) is 1. The second kappa shape index (κ2) is 5.46. The molecule has 2 aromatic heterocycles. The first-order chi connectivity index (χ1) is 8.70. The van der Waals surface area contributed by atoms with Gasteiger partial charge in [-0.05, 0) is 6.07 Å². The molecule has 2 aromatic rings. The van der Waals surface area contributed by atoms with Gasteiger partial charge in [0.15, 0.2) is 5.65 Å². The van der Waals surface area contributed by atoms with Crippen LogP contribution in [0.15, 0.2) is 24.5 Å². The van der Waals surface area contributed by atoms with Gasteiger partial charge in [-0.3, -0.25) is 0 Å². The third kappa shape index (κ3) is 2.75. The molecule has 7 nitrogen and oxygen atoms in total. The average molecular weight is 250 g/mol. The van der Waals surface area contributed by atoms with Gasteiger partial charge in [-0.2, -0.15) is 5.10 Å². The Hall–Kier alpha value is -2.15. The number of rotatable bonds is 6. The molecular formula is C11H14N4O3. The van der Waals surface area contributed by atoms with Gasteiger partial charge in [0.1, 0.15) is 11.9 Å². The molecule has 0 aliphatic carbocycles. The maximum atomic E-state index is 11.1. The van der Waals surface area contributed by atoms with Crippen molar-refractivity contribution in [2.24, 2.45) is 0 Å². The van der Waals surface area contributed by atoms with Crippen LogP contribution in [0.25, 0.3) is 5.65 Å². The lowest BCUT2D eigenvalue weighted by Gasteiger charge is -2.14. The van der Waals surface area contributed by atoms with Gasteiger partial charge in [0.25, 0.3) is 0 Å². The number of carboxylic acids is 1. The van der Waals surface area contributed by atoms with E-state index >= 15 is 0 Å². The summed E-state index contributed by atoms with van der Waals surface area (Å²) in [5, 5.41) is 15.9. The minimum Gasteiger partial charge on any atom is -0.480 e. The van der Waals surface area contributed by atoms with E-state index in [1.165, 1.54) is 7.11 Å². The van der Waals surface area contributed by atoms with E-state index in [1.54, 1.807) is 29.0 Å². The second-order valence-electron chi connectivity index (χ2n) is 3.76. The van der Waals surface area contributed by atoms with Gasteiger partial charge in [0.05, 0.1) is 6.20 Å². The number of hydrogen-bond donors (Lipinski definition) is 2. The summed E-state index contributed by atoms with van der Waals surface area (Å²) in [4.78, 5) is 15.3. The second-order valence-corrected chi connectivity index (χ2v) is 3.76. The lowest BCUT2D eigenvalue weighted by molar-refractivity contribution is -0.138. The Kier molecular flexibility index (Phi) is 3.73. The molecule has 96 valence electrons. The average Bonchev–Trinajstić information content (AvgIpc) is 2.81. The standard InChI is InChI=1S/C11H14N4O3/c1-18-7-4-8(11(16)17)13-9-3-6-15-10(14-9)2-5-12-15/h2-3,5-6,8H,4,7H2,1H3,(H,13,14)(H,16,17). The molecule has 2 rings (SSSR count). The van der Waals surface area contributed by atoms with Gasteiger partial charge in [-0.25, -0.2) is 14.3 Å². The van der Waals surface area contributed by atoms with Crippen LogP contribution in [0, 0.1) is 0 Å². The van der Waals surface area contributed by atoms with Crippen LogP contribution in [0.3, 0.4) is 0 Å². The zero-order valence-electron chi connectivity index (χ0n) is 9.91. The molecule has 0 saturated carbocycles. The van der Waals surface area contributed by atoms with Crippen LogP contribution in [0.1, 0.15) is 6.42 Å². The number of methoxy groups -OCH3 is 1. The molecule has 18 heavy (non-hydrogen) atoms. The summed E-state index contributed by atoms with van der Waals surface area (Å²) in [5.41, 5.74) is 0.663. The molecule has 0 amide bonds. The Bertz CT molecular complexity index is 540. The summed E-state index contributed by atoms with van der Waals surface area (Å²) in [6.45, 7) is 0.374. The normalized spacial score (nSPS) is 12.5. The number of anilines is 1. The Morgan fingerprint density at radius 3 is 3.17 bits per heavy atom. The molecule has 0 saturated heterocycles. The van der Waals surface area contributed by atoms with Gasteiger partial charge < -0.3 is 15.2 Å². The fraction of sp³-hybridized carbons (Fsp3) is 0.364. The van der Waals surface area contributed by atoms with Crippen LogP contribution < -0.4 is 5.32 Å². The number of ether oxygens (including phenoxy) is 1. The number of carbonyl (C=O) groups is 1. The summed E-state index contributed by atoms with van der Waals surface area (Å²) in [6.07, 6.45) is 3.73. The highest BCUT2D eigenvalue weighted by Gasteiger charge is 2.17. The van der Waals surface area contributed by atoms with Crippen LogP contribution in [0.5, 0.6) is 0 Å². The quantitative estimate of drug-likeness (QED) is 0.781. The molecular weight excluding hydrogens is 236 g/mol. The van der Waals surface area contributed by atoms with Crippen LogP contribution in [-0.4, -0.2) is 45.4 Å². The van der Waals surface area contributed by atoms with E-state index in [9.17, 15) is 4.79 Å². The summed E-state index contributed by atoms with van der Waals surface area (Å²) < 4.78 is 6.49. The number of hydrogen-bond acceptors (Lipinski definition) is 5. The van der Waals surface area contributed by atoms with Crippen molar-refractivity contribution in [3.63, 3.8) is 0 Å². The fourth-order valence-electron chi connectivity index (χ4n) is 1.56. The first-order valence-electron chi connectivity index (χ1n) is 5.49. The van der Waals surface area contributed by atoms with E-state index in [1.807, 2.05) is 0 Å². The van der Waals surface area contributed by atoms with Gasteiger partial charge in [-0.1, -0.05) is 0 Å². The van der Waals surface area contributed by atoms with Gasteiger partial charge >= 0.3 is 5.97 Å². The number of carboxylic acid groups (broad SMARTS) is 1. The molecule has 0 radical (unpaired) electrons. The molecule has 0 aromatic carbocycles. The first-order valence-corrected chi connectivity index (χ1v) is 5.49. The highest BCUT2D eigenvalue weighted by molar-refractivity contribution is 5.76. The van der Waals surface area contributed by atoms with Crippen molar-refractivity contribution in [3.8, 4) is 0 Å². The number of aromatic nitrogens is 3. The summed E-state index contributed by atoms with van der Waals surface area (Å²) in [6, 6.07) is 2.71. The first kappa shape index (κ1) is 12.3. The molecule has 0 bridgehead atoms. The summed E-state index contributed by atoms with van der Waals surface area (Å²) in [7, 11) is 1.54. The molecule has 0 spiro atoms. The van der Waals surface area contributed by atoms with E-state index in [2.05, 4.69) is 15.4 Å². The fourth-order valence-corrected chi connectivity index (χ4v) is 1.56. The third-order valence-electron chi connectivity index (χ3n) is 2.49. The van der Waals surface area contributed by atoms with Gasteiger partial charge in [0.2, 0.25) is 0 Å². The van der Waals surface area contributed by atoms with E-state index < -0.39 is 12.0 Å². The molecule has 7 heteroatoms. The molecule has 0 aliphatic heterocycles. The Balaban J connectivity index is 2.11. The SMILES string of the molecule is COCCC(Nc1ccn2nccc2n1)C(=O)O. The van der Waals surface area contributed by atoms with Crippen molar-refractivity contribution >= 4 is 17.4 Å². The molecule has 1 atom stereocenters. The number of fused-ring (bicyclic) bond motifs is 1. The van der Waals surface area contributed by atoms with Crippen molar-refractivity contribution in [1.82, 2.24) is 14.6 Å². The zero-order valence-corrected chi connectivity index (χ0v) is 9.91. The maximum absolute atomic E-state index is 11.1. The van der Waals surface area contributed by atoms with Crippen molar-refractivity contribution in [3.05, 3.63) is 24.5 Å². The highest BCUT2D eigenvalue weighted by atomic mass is 16.5. The van der Waals surface area contributed by atoms with Crippen molar-refractivity contribution in [2.45, 2.75) is 12.5 Å². The summed E-state index contributed by atoms with van der Waals surface area (Å²) in [5.74, 6) is -0.422. The largest absolute Gasteiger partial charge is 0.480 e. The predicted molar refractivity (Wildman–Crippen MR) is 64.5 cm³/mol. The molecule has 0 fully saturated rings. The smallest absolute Gasteiger partial charge is 0.326 e. The monoisotopic (exact) mass is 250 g/mol. The lowest BCUT2D eigenvalue weighted by Crippen LogP contribution is -2.30. The van der Waals surface area contributed by atoms with E-state index in [-0.39, 0.29) is 0 Å². The predicted octanol–water partition coefficient (Wildman–Crippen LogP) is 0.631. The van der Waals surface area contributed by atoms with Crippen molar-refractivity contribution in [2.75, 3.05) is 19.0 Å². The number of aliphatic carboxylic acids is 1. The third-order valence-corrected chi connectivity index (χ3v) is 2.49. The molecule has 1 unspecified atom stereocenters. The molecule has 2 heterocycles. The molecule has 2 N–H and O–H groups in total. The van der Waals surface area contributed by atoms with E-state index in [4.69, 9.17) is 9.84 Å². The van der Waals surface area contributed by atoms with E-state index in [0.717, 1.165) is 0 Å². The topological polar surface area (TPSA) is 88.8 Å². The number of nitrogens with zero attached hydrogens (tertiary/aromatic N) is 3. The summed E-state index contributed by atoms with van der Waals surface area (Å²) >= 11 is 0. The van der Waals surface area contributed by atoms with Gasteiger partial charge in [0, 0.05) is 32.4 Å². The Morgan fingerprint density at radius 2 is 2.44 bits per heavy atom. The van der Waals surface area contributed by atoms with Crippen molar-refractivity contribution < 1.29 is 14.6 Å². The van der Waals surface area contributed by atoms with Gasteiger partial charge in [-0.15, -0.1) is 0 Å². The highest BCUT2D eigenvalue weighted by Crippen LogP contribution is 2.09. The zero-order chi connectivity index (χ0) is 13.0. The Labute approximate surface area is 103 Å².